The minimum Gasteiger partial charge on any atom is -0.343 e. The normalized spacial score (nSPS) is 23.7. The van der Waals surface area contributed by atoms with Crippen molar-refractivity contribution in [2.75, 3.05) is 4.90 Å². The number of amides is 2. The Balaban J connectivity index is 2.47. The standard InChI is InChI=1S/C15H20N2O2/c1-9(2)13-14(18)16-11(4)15(19)17(13)12-7-5-6-10(3)8-12/h5-9,11,13H,1-4H3,(H,16,18). The fraction of sp³-hybridized carbons (Fsp3) is 0.467. The molecule has 1 N–H and O–H groups in total. The van der Waals surface area contributed by atoms with Gasteiger partial charge in [0.25, 0.3) is 0 Å². The Morgan fingerprint density at radius 3 is 2.53 bits per heavy atom. The molecular formula is C15H20N2O2. The monoisotopic (exact) mass is 260 g/mol. The molecule has 4 nitrogen and oxygen atoms in total. The van der Waals surface area contributed by atoms with E-state index in [0.717, 1.165) is 11.3 Å². The van der Waals surface area contributed by atoms with Gasteiger partial charge in [-0.3, -0.25) is 14.5 Å². The van der Waals surface area contributed by atoms with E-state index in [1.807, 2.05) is 45.0 Å². The van der Waals surface area contributed by atoms with Crippen molar-refractivity contribution < 1.29 is 9.59 Å². The molecule has 0 aliphatic carbocycles. The van der Waals surface area contributed by atoms with Gasteiger partial charge < -0.3 is 5.32 Å². The van der Waals surface area contributed by atoms with Crippen molar-refractivity contribution in [1.29, 1.82) is 0 Å². The molecule has 0 bridgehead atoms. The summed E-state index contributed by atoms with van der Waals surface area (Å²) in [7, 11) is 0. The van der Waals surface area contributed by atoms with E-state index in [0.29, 0.717) is 0 Å². The second-order valence-corrected chi connectivity index (χ2v) is 5.47. The molecule has 2 rings (SSSR count). The molecule has 2 atom stereocenters. The highest BCUT2D eigenvalue weighted by Crippen LogP contribution is 2.26. The van der Waals surface area contributed by atoms with Crippen LogP contribution >= 0.6 is 0 Å². The van der Waals surface area contributed by atoms with Crippen LogP contribution in [0.25, 0.3) is 0 Å². The lowest BCUT2D eigenvalue weighted by molar-refractivity contribution is -0.134. The first-order valence-electron chi connectivity index (χ1n) is 6.62. The smallest absolute Gasteiger partial charge is 0.250 e. The van der Waals surface area contributed by atoms with Gasteiger partial charge in [-0.05, 0) is 37.5 Å². The van der Waals surface area contributed by atoms with Crippen molar-refractivity contribution in [3.05, 3.63) is 29.8 Å². The van der Waals surface area contributed by atoms with Crippen LogP contribution in [0.1, 0.15) is 26.3 Å². The number of carbonyl (C=O) groups excluding carboxylic acids is 2. The molecule has 0 radical (unpaired) electrons. The number of benzene rings is 1. The molecule has 1 aromatic rings. The van der Waals surface area contributed by atoms with Gasteiger partial charge in [-0.15, -0.1) is 0 Å². The predicted octanol–water partition coefficient (Wildman–Crippen LogP) is 1.87. The summed E-state index contributed by atoms with van der Waals surface area (Å²) in [6.07, 6.45) is 0. The maximum Gasteiger partial charge on any atom is 0.250 e. The van der Waals surface area contributed by atoms with Crippen molar-refractivity contribution in [3.8, 4) is 0 Å². The number of hydrogen-bond acceptors (Lipinski definition) is 2. The van der Waals surface area contributed by atoms with Gasteiger partial charge in [-0.2, -0.15) is 0 Å². The Labute approximate surface area is 113 Å². The Morgan fingerprint density at radius 2 is 1.95 bits per heavy atom. The molecule has 2 unspecified atom stereocenters. The number of piperazine rings is 1. The lowest BCUT2D eigenvalue weighted by Gasteiger charge is -2.40. The molecule has 1 saturated heterocycles. The number of anilines is 1. The highest BCUT2D eigenvalue weighted by molar-refractivity contribution is 6.08. The molecule has 1 aliphatic rings. The molecule has 1 aliphatic heterocycles. The second kappa shape index (κ2) is 5.03. The first kappa shape index (κ1) is 13.6. The number of aryl methyl sites for hydroxylation is 1. The van der Waals surface area contributed by atoms with Crippen LogP contribution in [0.15, 0.2) is 24.3 Å². The van der Waals surface area contributed by atoms with Crippen molar-refractivity contribution in [2.45, 2.75) is 39.8 Å². The summed E-state index contributed by atoms with van der Waals surface area (Å²) in [4.78, 5) is 26.2. The summed E-state index contributed by atoms with van der Waals surface area (Å²) in [6.45, 7) is 7.61. The fourth-order valence-electron chi connectivity index (χ4n) is 2.49. The Bertz CT molecular complexity index is 511. The summed E-state index contributed by atoms with van der Waals surface area (Å²) in [5.41, 5.74) is 1.87. The van der Waals surface area contributed by atoms with E-state index in [-0.39, 0.29) is 17.7 Å². The lowest BCUT2D eigenvalue weighted by atomic mass is 9.96. The van der Waals surface area contributed by atoms with Gasteiger partial charge in [0, 0.05) is 5.69 Å². The minimum atomic E-state index is -0.469. The van der Waals surface area contributed by atoms with Crippen LogP contribution in [0.2, 0.25) is 0 Å². The zero-order valence-corrected chi connectivity index (χ0v) is 11.8. The molecular weight excluding hydrogens is 240 g/mol. The largest absolute Gasteiger partial charge is 0.343 e. The number of rotatable bonds is 2. The molecule has 0 spiro atoms. The summed E-state index contributed by atoms with van der Waals surface area (Å²) in [5.74, 6) is -0.0653. The average molecular weight is 260 g/mol. The first-order chi connectivity index (χ1) is 8.91. The minimum absolute atomic E-state index is 0.0519. The zero-order valence-electron chi connectivity index (χ0n) is 11.8. The van der Waals surface area contributed by atoms with Crippen LogP contribution < -0.4 is 10.2 Å². The summed E-state index contributed by atoms with van der Waals surface area (Å²) >= 11 is 0. The van der Waals surface area contributed by atoms with Gasteiger partial charge in [0.15, 0.2) is 0 Å². The van der Waals surface area contributed by atoms with Gasteiger partial charge >= 0.3 is 0 Å². The van der Waals surface area contributed by atoms with E-state index < -0.39 is 12.1 Å². The van der Waals surface area contributed by atoms with Crippen LogP contribution in [0.5, 0.6) is 0 Å². The van der Waals surface area contributed by atoms with Gasteiger partial charge in [0.2, 0.25) is 11.8 Å². The number of nitrogens with zero attached hydrogens (tertiary/aromatic N) is 1. The molecule has 4 heteroatoms. The molecule has 1 aromatic carbocycles. The maximum atomic E-state index is 12.4. The second-order valence-electron chi connectivity index (χ2n) is 5.47. The summed E-state index contributed by atoms with van der Waals surface area (Å²) in [5, 5.41) is 2.74. The zero-order chi connectivity index (χ0) is 14.2. The van der Waals surface area contributed by atoms with Gasteiger partial charge in [0.1, 0.15) is 12.1 Å². The first-order valence-corrected chi connectivity index (χ1v) is 6.62. The van der Waals surface area contributed by atoms with E-state index in [4.69, 9.17) is 0 Å². The van der Waals surface area contributed by atoms with E-state index in [9.17, 15) is 9.59 Å². The molecule has 19 heavy (non-hydrogen) atoms. The molecule has 1 heterocycles. The van der Waals surface area contributed by atoms with Crippen LogP contribution in [0.3, 0.4) is 0 Å². The third-order valence-corrected chi connectivity index (χ3v) is 3.42. The predicted molar refractivity (Wildman–Crippen MR) is 74.9 cm³/mol. The van der Waals surface area contributed by atoms with Crippen molar-refractivity contribution in [1.82, 2.24) is 5.32 Å². The SMILES string of the molecule is Cc1cccc(N2C(=O)C(C)NC(=O)C2C(C)C)c1. The molecule has 0 saturated carbocycles. The number of nitrogens with one attached hydrogen (secondary N) is 1. The van der Waals surface area contributed by atoms with Crippen LogP contribution in [0.4, 0.5) is 5.69 Å². The van der Waals surface area contributed by atoms with E-state index >= 15 is 0 Å². The molecule has 1 fully saturated rings. The van der Waals surface area contributed by atoms with Gasteiger partial charge in [0.05, 0.1) is 0 Å². The van der Waals surface area contributed by atoms with Crippen molar-refractivity contribution >= 4 is 17.5 Å². The lowest BCUT2D eigenvalue weighted by Crippen LogP contribution is -2.64. The summed E-state index contributed by atoms with van der Waals surface area (Å²) in [6, 6.07) is 6.80. The van der Waals surface area contributed by atoms with Gasteiger partial charge in [-0.25, -0.2) is 0 Å². The number of hydrogen-bond donors (Lipinski definition) is 1. The molecule has 102 valence electrons. The Morgan fingerprint density at radius 1 is 1.26 bits per heavy atom. The van der Waals surface area contributed by atoms with E-state index in [1.54, 1.807) is 11.8 Å². The third kappa shape index (κ3) is 2.48. The van der Waals surface area contributed by atoms with Crippen LogP contribution in [0, 0.1) is 12.8 Å². The molecule has 0 aromatic heterocycles. The highest BCUT2D eigenvalue weighted by atomic mass is 16.2. The quantitative estimate of drug-likeness (QED) is 0.882. The Hall–Kier alpha value is -1.84. The number of carbonyl (C=O) groups is 2. The Kier molecular flexibility index (Phi) is 3.60. The van der Waals surface area contributed by atoms with Crippen LogP contribution in [-0.2, 0) is 9.59 Å². The highest BCUT2D eigenvalue weighted by Gasteiger charge is 2.40. The van der Waals surface area contributed by atoms with Gasteiger partial charge in [-0.1, -0.05) is 26.0 Å². The van der Waals surface area contributed by atoms with Crippen molar-refractivity contribution in [3.63, 3.8) is 0 Å². The third-order valence-electron chi connectivity index (χ3n) is 3.42. The maximum absolute atomic E-state index is 12.4. The summed E-state index contributed by atoms with van der Waals surface area (Å²) < 4.78 is 0. The average Bonchev–Trinajstić information content (AvgIpc) is 2.32. The van der Waals surface area contributed by atoms with Crippen molar-refractivity contribution in [2.24, 2.45) is 5.92 Å². The molecule has 2 amide bonds. The topological polar surface area (TPSA) is 49.4 Å². The van der Waals surface area contributed by atoms with Crippen LogP contribution in [-0.4, -0.2) is 23.9 Å². The van der Waals surface area contributed by atoms with E-state index in [1.165, 1.54) is 0 Å². The fourth-order valence-corrected chi connectivity index (χ4v) is 2.49. The van der Waals surface area contributed by atoms with E-state index in [2.05, 4.69) is 5.32 Å².